The summed E-state index contributed by atoms with van der Waals surface area (Å²) in [6.45, 7) is 0.340. The van der Waals surface area contributed by atoms with E-state index in [1.807, 2.05) is 43.3 Å². The number of aromatic amines is 1. The average molecular weight is 316 g/mol. The molecule has 0 saturated heterocycles. The summed E-state index contributed by atoms with van der Waals surface area (Å²) >= 11 is 0. The normalized spacial score (nSPS) is 10.4. The third-order valence-corrected chi connectivity index (χ3v) is 3.50. The Morgan fingerprint density at radius 1 is 1.09 bits per heavy atom. The molecular formula is C16H20N4O3. The lowest BCUT2D eigenvalue weighted by Gasteiger charge is -2.19. The monoisotopic (exact) mass is 316 g/mol. The van der Waals surface area contributed by atoms with Crippen molar-refractivity contribution in [3.05, 3.63) is 62.9 Å². The molecule has 1 aromatic carbocycles. The summed E-state index contributed by atoms with van der Waals surface area (Å²) in [6.07, 6.45) is 1.32. The third kappa shape index (κ3) is 4.32. The van der Waals surface area contributed by atoms with Gasteiger partial charge in [0.25, 0.3) is 5.56 Å². The number of nitrogens with zero attached hydrogens (tertiary/aromatic N) is 3. The van der Waals surface area contributed by atoms with Crippen molar-refractivity contribution in [1.29, 1.82) is 0 Å². The van der Waals surface area contributed by atoms with E-state index >= 15 is 0 Å². The van der Waals surface area contributed by atoms with Crippen LogP contribution in [0, 0.1) is 0 Å². The van der Waals surface area contributed by atoms with Gasteiger partial charge in [-0.15, -0.1) is 0 Å². The molecular weight excluding hydrogens is 296 g/mol. The van der Waals surface area contributed by atoms with Crippen LogP contribution in [0.25, 0.3) is 0 Å². The molecule has 2 aromatic rings. The molecule has 1 N–H and O–H groups in total. The van der Waals surface area contributed by atoms with E-state index in [4.69, 9.17) is 0 Å². The Bertz CT molecular complexity index is 790. The molecule has 1 amide bonds. The highest BCUT2D eigenvalue weighted by molar-refractivity contribution is 5.75. The maximum absolute atomic E-state index is 12.2. The van der Waals surface area contributed by atoms with E-state index in [0.29, 0.717) is 6.54 Å². The second-order valence-electron chi connectivity index (χ2n) is 5.55. The number of benzene rings is 1. The number of hydrogen-bond donors (Lipinski definition) is 1. The Morgan fingerprint density at radius 3 is 2.30 bits per heavy atom. The van der Waals surface area contributed by atoms with Crippen LogP contribution >= 0.6 is 0 Å². The SMILES string of the molecule is CN(Cc1ccc(N(C)C)cc1)C(=O)Cn1ccc(=O)[nH]c1=O. The van der Waals surface area contributed by atoms with Gasteiger partial charge in [0.15, 0.2) is 0 Å². The molecule has 0 spiro atoms. The van der Waals surface area contributed by atoms with Crippen LogP contribution in [0.4, 0.5) is 5.69 Å². The minimum absolute atomic E-state index is 0.109. The van der Waals surface area contributed by atoms with Crippen LogP contribution in [0.15, 0.2) is 46.1 Å². The van der Waals surface area contributed by atoms with Gasteiger partial charge >= 0.3 is 5.69 Å². The molecule has 2 rings (SSSR count). The Balaban J connectivity index is 2.02. The molecule has 1 aromatic heterocycles. The molecule has 0 aliphatic heterocycles. The van der Waals surface area contributed by atoms with Gasteiger partial charge in [-0.1, -0.05) is 12.1 Å². The molecule has 1 heterocycles. The zero-order valence-corrected chi connectivity index (χ0v) is 13.4. The number of aromatic nitrogens is 2. The van der Waals surface area contributed by atoms with Gasteiger partial charge in [0.2, 0.25) is 5.91 Å². The van der Waals surface area contributed by atoms with Crippen LogP contribution in [-0.4, -0.2) is 41.5 Å². The van der Waals surface area contributed by atoms with Gasteiger partial charge < -0.3 is 9.80 Å². The number of rotatable bonds is 5. The van der Waals surface area contributed by atoms with E-state index in [-0.39, 0.29) is 12.5 Å². The summed E-state index contributed by atoms with van der Waals surface area (Å²) in [6, 6.07) is 9.12. The van der Waals surface area contributed by atoms with Gasteiger partial charge in [0.1, 0.15) is 6.54 Å². The first-order valence-corrected chi connectivity index (χ1v) is 7.17. The first kappa shape index (κ1) is 16.5. The van der Waals surface area contributed by atoms with Crippen LogP contribution in [0.3, 0.4) is 0 Å². The van der Waals surface area contributed by atoms with E-state index in [9.17, 15) is 14.4 Å². The lowest BCUT2D eigenvalue weighted by molar-refractivity contribution is -0.131. The van der Waals surface area contributed by atoms with Crippen LogP contribution in [-0.2, 0) is 17.9 Å². The third-order valence-electron chi connectivity index (χ3n) is 3.50. The van der Waals surface area contributed by atoms with Crippen molar-refractivity contribution in [2.24, 2.45) is 0 Å². The maximum Gasteiger partial charge on any atom is 0.328 e. The smallest absolute Gasteiger partial charge is 0.328 e. The highest BCUT2D eigenvalue weighted by Gasteiger charge is 2.11. The van der Waals surface area contributed by atoms with E-state index in [1.54, 1.807) is 11.9 Å². The lowest BCUT2D eigenvalue weighted by atomic mass is 10.2. The van der Waals surface area contributed by atoms with E-state index in [1.165, 1.54) is 16.8 Å². The summed E-state index contributed by atoms with van der Waals surface area (Å²) in [5.74, 6) is -0.212. The zero-order valence-electron chi connectivity index (χ0n) is 13.4. The fourth-order valence-electron chi connectivity index (χ4n) is 2.10. The number of nitrogens with one attached hydrogen (secondary N) is 1. The minimum Gasteiger partial charge on any atom is -0.378 e. The number of amides is 1. The van der Waals surface area contributed by atoms with Crippen molar-refractivity contribution in [2.45, 2.75) is 13.1 Å². The number of hydrogen-bond acceptors (Lipinski definition) is 4. The molecule has 0 aliphatic rings. The highest BCUT2D eigenvalue weighted by atomic mass is 16.2. The van der Waals surface area contributed by atoms with Gasteiger partial charge in [-0.05, 0) is 17.7 Å². The summed E-state index contributed by atoms with van der Waals surface area (Å²) in [5, 5.41) is 0. The minimum atomic E-state index is -0.588. The van der Waals surface area contributed by atoms with Gasteiger partial charge in [-0.2, -0.15) is 0 Å². The van der Waals surface area contributed by atoms with E-state index in [0.717, 1.165) is 11.3 Å². The maximum atomic E-state index is 12.2. The van der Waals surface area contributed by atoms with Crippen molar-refractivity contribution in [3.8, 4) is 0 Å². The molecule has 122 valence electrons. The largest absolute Gasteiger partial charge is 0.378 e. The second-order valence-corrected chi connectivity index (χ2v) is 5.55. The van der Waals surface area contributed by atoms with Crippen LogP contribution in [0.5, 0.6) is 0 Å². The van der Waals surface area contributed by atoms with E-state index < -0.39 is 11.2 Å². The molecule has 0 aliphatic carbocycles. The van der Waals surface area contributed by atoms with Gasteiger partial charge in [0, 0.05) is 45.6 Å². The molecule has 0 fully saturated rings. The van der Waals surface area contributed by atoms with Crippen LogP contribution in [0.2, 0.25) is 0 Å². The summed E-state index contributed by atoms with van der Waals surface area (Å²) in [4.78, 5) is 40.5. The number of H-pyrrole nitrogens is 1. The Morgan fingerprint density at radius 2 is 1.74 bits per heavy atom. The molecule has 0 radical (unpaired) electrons. The molecule has 23 heavy (non-hydrogen) atoms. The topological polar surface area (TPSA) is 78.4 Å². The van der Waals surface area contributed by atoms with Gasteiger partial charge in [-0.25, -0.2) is 4.79 Å². The highest BCUT2D eigenvalue weighted by Crippen LogP contribution is 2.13. The molecule has 0 bridgehead atoms. The number of carbonyl (C=O) groups is 1. The molecule has 0 unspecified atom stereocenters. The summed E-state index contributed by atoms with van der Waals surface area (Å²) in [5.41, 5.74) is 1.02. The number of carbonyl (C=O) groups excluding carboxylic acids is 1. The summed E-state index contributed by atoms with van der Waals surface area (Å²) < 4.78 is 1.18. The van der Waals surface area contributed by atoms with Crippen molar-refractivity contribution in [3.63, 3.8) is 0 Å². The standard InChI is InChI=1S/C16H20N4O3/c1-18(2)13-6-4-12(5-7-13)10-19(3)15(22)11-20-9-8-14(21)17-16(20)23/h4-9H,10-11H2,1-3H3,(H,17,21,23). The number of likely N-dealkylation sites (N-methyl/N-ethyl adjacent to an activating group) is 1. The number of anilines is 1. The van der Waals surface area contributed by atoms with Crippen LogP contribution in [0.1, 0.15) is 5.56 Å². The fourth-order valence-corrected chi connectivity index (χ4v) is 2.10. The predicted molar refractivity (Wildman–Crippen MR) is 88.6 cm³/mol. The van der Waals surface area contributed by atoms with Crippen LogP contribution < -0.4 is 16.1 Å². The van der Waals surface area contributed by atoms with Gasteiger partial charge in [0.05, 0.1) is 0 Å². The van der Waals surface area contributed by atoms with Crippen molar-refractivity contribution >= 4 is 11.6 Å². The average Bonchev–Trinajstić information content (AvgIpc) is 2.50. The first-order valence-electron chi connectivity index (χ1n) is 7.17. The Kier molecular flexibility index (Phi) is 5.00. The Labute approximate surface area is 133 Å². The second kappa shape index (κ2) is 6.95. The lowest BCUT2D eigenvalue weighted by Crippen LogP contribution is -2.36. The quantitative estimate of drug-likeness (QED) is 0.858. The fraction of sp³-hybridized carbons (Fsp3) is 0.312. The summed E-state index contributed by atoms with van der Waals surface area (Å²) in [7, 11) is 5.61. The van der Waals surface area contributed by atoms with Gasteiger partial charge in [-0.3, -0.25) is 19.1 Å². The molecule has 0 saturated carbocycles. The first-order chi connectivity index (χ1) is 10.9. The molecule has 0 atom stereocenters. The molecule has 7 heteroatoms. The van der Waals surface area contributed by atoms with Crippen molar-refractivity contribution in [2.75, 3.05) is 26.0 Å². The predicted octanol–water partition coefficient (Wildman–Crippen LogP) is 0.261. The van der Waals surface area contributed by atoms with E-state index in [2.05, 4.69) is 4.98 Å². The zero-order chi connectivity index (χ0) is 17.0. The van der Waals surface area contributed by atoms with Crippen molar-refractivity contribution in [1.82, 2.24) is 14.5 Å². The Hall–Kier alpha value is -2.83. The molecule has 7 nitrogen and oxygen atoms in total. The van der Waals surface area contributed by atoms with Crippen molar-refractivity contribution < 1.29 is 4.79 Å².